The maximum Gasteiger partial charge on any atom is 0.182 e. The molecule has 1 heterocycles. The molecule has 3 heteroatoms. The third-order valence-corrected chi connectivity index (χ3v) is 7.89. The van der Waals surface area contributed by atoms with Crippen molar-refractivity contribution in [1.29, 1.82) is 0 Å². The zero-order chi connectivity index (χ0) is 31.7. The fourth-order valence-corrected chi connectivity index (χ4v) is 5.28. The van der Waals surface area contributed by atoms with Gasteiger partial charge in [-0.3, -0.25) is 0 Å². The van der Waals surface area contributed by atoms with Crippen LogP contribution in [0.15, 0.2) is 164 Å². The van der Waals surface area contributed by atoms with E-state index in [0.717, 1.165) is 39.3 Å². The molecule has 0 N–H and O–H groups in total. The van der Waals surface area contributed by atoms with Gasteiger partial charge in [0, 0.05) is 11.1 Å². The topological polar surface area (TPSA) is 30.7 Å². The van der Waals surface area contributed by atoms with Crippen LogP contribution in [0.25, 0.3) is 64.9 Å². The summed E-state index contributed by atoms with van der Waals surface area (Å²) in [5, 5.41) is 5.03. The molecule has 7 rings (SSSR count). The minimum absolute atomic E-state index is 0.680. The summed E-state index contributed by atoms with van der Waals surface area (Å²) in [6.07, 6.45) is 12.8. The zero-order valence-corrected chi connectivity index (χ0v) is 25.9. The average Bonchev–Trinajstić information content (AvgIpc) is 3.60. The van der Waals surface area contributed by atoms with Crippen molar-refractivity contribution in [3.8, 4) is 28.5 Å². The minimum atomic E-state index is 0.680. The number of hydrogen-bond donors (Lipinski definition) is 0. The third kappa shape index (κ3) is 7.50. The highest BCUT2D eigenvalue weighted by Gasteiger charge is 2.15. The Balaban J connectivity index is 1.19. The van der Waals surface area contributed by atoms with Gasteiger partial charge in [0.15, 0.2) is 11.6 Å². The van der Waals surface area contributed by atoms with Crippen molar-refractivity contribution in [2.45, 2.75) is 0 Å². The molecular weight excluding hydrogens is 571 g/mol. The molecule has 0 amide bonds. The molecule has 0 bridgehead atoms. The van der Waals surface area contributed by atoms with Crippen molar-refractivity contribution < 1.29 is 0 Å². The summed E-state index contributed by atoms with van der Waals surface area (Å²) in [4.78, 5) is 5.07. The summed E-state index contributed by atoms with van der Waals surface area (Å²) in [5.41, 5.74) is 9.79. The van der Waals surface area contributed by atoms with Gasteiger partial charge >= 0.3 is 0 Å². The Bertz CT molecular complexity index is 2010. The van der Waals surface area contributed by atoms with Gasteiger partial charge in [0.25, 0.3) is 0 Å². The molecule has 1 aromatic heterocycles. The summed E-state index contributed by atoms with van der Waals surface area (Å²) in [6, 6.07) is 56.3. The number of hydrogen-bond acceptors (Lipinski definition) is 2. The zero-order valence-electron chi connectivity index (χ0n) is 25.9. The summed E-state index contributed by atoms with van der Waals surface area (Å²) in [5.74, 6) is 1.47. The van der Waals surface area contributed by atoms with Crippen LogP contribution in [0.2, 0.25) is 0 Å². The molecule has 0 atom stereocenters. The second-order valence-electron chi connectivity index (χ2n) is 11.2. The summed E-state index contributed by atoms with van der Waals surface area (Å²) >= 11 is 0. The SMILES string of the molecule is C(=C\c1ccc(-c2nc(-c3ccc(/C=C/c4ccccc4)cc3)n(-c3ccc(/C=C/c4ccccc4)cc3)n2)cc1)/c1ccccc1. The Morgan fingerprint density at radius 2 is 0.681 bits per heavy atom. The highest BCUT2D eigenvalue weighted by molar-refractivity contribution is 5.74. The molecule has 224 valence electrons. The van der Waals surface area contributed by atoms with Gasteiger partial charge in [-0.2, -0.15) is 0 Å². The molecule has 0 aliphatic heterocycles. The summed E-state index contributed by atoms with van der Waals surface area (Å²) in [7, 11) is 0. The van der Waals surface area contributed by atoms with E-state index in [1.54, 1.807) is 0 Å². The lowest BCUT2D eigenvalue weighted by molar-refractivity contribution is 0.890. The van der Waals surface area contributed by atoms with Crippen molar-refractivity contribution >= 4 is 36.5 Å². The lowest BCUT2D eigenvalue weighted by atomic mass is 10.1. The van der Waals surface area contributed by atoms with Crippen LogP contribution in [0.5, 0.6) is 0 Å². The Morgan fingerprint density at radius 3 is 1.09 bits per heavy atom. The van der Waals surface area contributed by atoms with Crippen molar-refractivity contribution in [2.75, 3.05) is 0 Å². The van der Waals surface area contributed by atoms with Gasteiger partial charge in [-0.15, -0.1) is 5.10 Å². The lowest BCUT2D eigenvalue weighted by Crippen LogP contribution is -1.99. The maximum atomic E-state index is 5.07. The number of nitrogens with zero attached hydrogens (tertiary/aromatic N) is 3. The first-order valence-corrected chi connectivity index (χ1v) is 15.7. The Labute approximate surface area is 276 Å². The van der Waals surface area contributed by atoms with E-state index in [-0.39, 0.29) is 0 Å². The summed E-state index contributed by atoms with van der Waals surface area (Å²) in [6.45, 7) is 0. The molecule has 0 aliphatic rings. The normalized spacial score (nSPS) is 11.6. The van der Waals surface area contributed by atoms with E-state index in [4.69, 9.17) is 10.1 Å². The number of benzene rings is 6. The van der Waals surface area contributed by atoms with Gasteiger partial charge in [-0.1, -0.05) is 188 Å². The van der Waals surface area contributed by atoms with E-state index < -0.39 is 0 Å². The highest BCUT2D eigenvalue weighted by Crippen LogP contribution is 2.27. The highest BCUT2D eigenvalue weighted by atomic mass is 15.4. The van der Waals surface area contributed by atoms with Crippen LogP contribution in [0.4, 0.5) is 0 Å². The van der Waals surface area contributed by atoms with Crippen molar-refractivity contribution in [1.82, 2.24) is 14.8 Å². The van der Waals surface area contributed by atoms with E-state index in [0.29, 0.717) is 5.82 Å². The molecular formula is C44H33N3. The smallest absolute Gasteiger partial charge is 0.182 e. The van der Waals surface area contributed by atoms with Crippen molar-refractivity contribution in [3.63, 3.8) is 0 Å². The number of rotatable bonds is 9. The first-order chi connectivity index (χ1) is 23.3. The molecule has 47 heavy (non-hydrogen) atoms. The van der Waals surface area contributed by atoms with Crippen molar-refractivity contribution in [3.05, 3.63) is 197 Å². The fraction of sp³-hybridized carbons (Fsp3) is 0. The standard InChI is InChI=1S/C44H33N3/c1-4-10-34(11-5-1)16-19-37-22-28-40(29-23-37)43-45-44(41-30-24-38(25-31-41)20-17-35-12-6-2-7-13-35)47(46-43)42-32-26-39(27-33-42)21-18-36-14-8-3-9-15-36/h1-33H/b19-16+,20-17+,21-18+. The molecule has 0 spiro atoms. The van der Waals surface area contributed by atoms with Crippen LogP contribution in [0, 0.1) is 0 Å². The number of aromatic nitrogens is 3. The molecule has 0 saturated carbocycles. The quantitative estimate of drug-likeness (QED) is 0.154. The molecule has 0 saturated heterocycles. The van der Waals surface area contributed by atoms with Gasteiger partial charge in [0.1, 0.15) is 0 Å². The molecule has 3 nitrogen and oxygen atoms in total. The predicted octanol–water partition coefficient (Wildman–Crippen LogP) is 11.1. The second kappa shape index (κ2) is 14.2. The minimum Gasteiger partial charge on any atom is -0.213 e. The van der Waals surface area contributed by atoms with E-state index >= 15 is 0 Å². The van der Waals surface area contributed by atoms with Crippen LogP contribution in [-0.4, -0.2) is 14.8 Å². The lowest BCUT2D eigenvalue weighted by Gasteiger charge is -2.07. The largest absolute Gasteiger partial charge is 0.213 e. The van der Waals surface area contributed by atoms with E-state index in [1.165, 1.54) is 16.7 Å². The monoisotopic (exact) mass is 603 g/mol. The van der Waals surface area contributed by atoms with Crippen LogP contribution < -0.4 is 0 Å². The first kappa shape index (κ1) is 29.4. The van der Waals surface area contributed by atoms with Gasteiger partial charge < -0.3 is 0 Å². The second-order valence-corrected chi connectivity index (χ2v) is 11.2. The van der Waals surface area contributed by atoms with Gasteiger partial charge in [0.2, 0.25) is 0 Å². The van der Waals surface area contributed by atoms with Gasteiger partial charge in [0.05, 0.1) is 5.69 Å². The first-order valence-electron chi connectivity index (χ1n) is 15.7. The van der Waals surface area contributed by atoms with Crippen LogP contribution in [-0.2, 0) is 0 Å². The van der Waals surface area contributed by atoms with E-state index in [9.17, 15) is 0 Å². The molecule has 0 unspecified atom stereocenters. The van der Waals surface area contributed by atoms with Crippen LogP contribution in [0.1, 0.15) is 33.4 Å². The summed E-state index contributed by atoms with van der Waals surface area (Å²) < 4.78 is 1.94. The molecule has 7 aromatic rings. The van der Waals surface area contributed by atoms with E-state index in [2.05, 4.69) is 146 Å². The van der Waals surface area contributed by atoms with Gasteiger partial charge in [-0.05, 0) is 45.5 Å². The molecule has 0 aliphatic carbocycles. The average molecular weight is 604 g/mol. The third-order valence-electron chi connectivity index (χ3n) is 7.89. The fourth-order valence-electron chi connectivity index (χ4n) is 5.28. The van der Waals surface area contributed by atoms with Crippen LogP contribution in [0.3, 0.4) is 0 Å². The molecule has 0 fully saturated rings. The van der Waals surface area contributed by atoms with E-state index in [1.807, 2.05) is 59.3 Å². The maximum absolute atomic E-state index is 5.07. The van der Waals surface area contributed by atoms with Crippen LogP contribution >= 0.6 is 0 Å². The van der Waals surface area contributed by atoms with Gasteiger partial charge in [-0.25, -0.2) is 9.67 Å². The molecule has 6 aromatic carbocycles. The molecule has 0 radical (unpaired) electrons. The Hall–Kier alpha value is -6.32. The van der Waals surface area contributed by atoms with Crippen molar-refractivity contribution in [2.24, 2.45) is 0 Å². The Kier molecular flexibility index (Phi) is 8.88. The Morgan fingerprint density at radius 1 is 0.340 bits per heavy atom. The predicted molar refractivity (Wildman–Crippen MR) is 198 cm³/mol.